The van der Waals surface area contributed by atoms with Crippen molar-refractivity contribution >= 4 is 52.8 Å². The Balaban J connectivity index is 1.56. The molecule has 0 fully saturated rings. The highest BCUT2D eigenvalue weighted by Gasteiger charge is 2.33. The first-order valence-corrected chi connectivity index (χ1v) is 19.3. The number of hydrogen-bond acceptors (Lipinski definition) is 10. The van der Waals surface area contributed by atoms with Crippen LogP contribution >= 0.6 is 11.6 Å². The highest BCUT2D eigenvalue weighted by molar-refractivity contribution is 6.38. The number of hydrogen-bond donors (Lipinski definition) is 9. The SMILES string of the molecule is C[C@H](NC(=O)[C@@H](NC(=O)[C@H](CN)NC(=O)c1ccc(-c2ccc(Cl)cc2)cc1)[C@@H](C)O)C(=O)N[C@@H](CCCCN)C(=O)N[C@@H](C)C(=O)C(=O)NCCc1ccccc1. The maximum absolute atomic E-state index is 13.3. The van der Waals surface area contributed by atoms with Gasteiger partial charge in [-0.3, -0.25) is 33.6 Å². The third-order valence-corrected chi connectivity index (χ3v) is 9.35. The molecule has 0 radical (unpaired) electrons. The summed E-state index contributed by atoms with van der Waals surface area (Å²) in [5.74, 6) is -5.68. The quantitative estimate of drug-likeness (QED) is 0.0500. The smallest absolute Gasteiger partial charge is 0.289 e. The number of unbranched alkanes of at least 4 members (excludes halogenated alkanes) is 1. The van der Waals surface area contributed by atoms with Crippen molar-refractivity contribution in [1.29, 1.82) is 0 Å². The number of rotatable bonds is 22. The van der Waals surface area contributed by atoms with E-state index in [9.17, 15) is 38.7 Å². The van der Waals surface area contributed by atoms with Gasteiger partial charge in [0.2, 0.25) is 29.4 Å². The van der Waals surface area contributed by atoms with Gasteiger partial charge in [0, 0.05) is 23.7 Å². The molecule has 0 aliphatic carbocycles. The van der Waals surface area contributed by atoms with Gasteiger partial charge < -0.3 is 48.5 Å². The van der Waals surface area contributed by atoms with E-state index >= 15 is 0 Å². The Hall–Kier alpha value is -5.68. The van der Waals surface area contributed by atoms with Crippen LogP contribution in [0.3, 0.4) is 0 Å². The monoisotopic (exact) mass is 820 g/mol. The lowest BCUT2D eigenvalue weighted by molar-refractivity contribution is -0.140. The van der Waals surface area contributed by atoms with E-state index in [-0.39, 0.29) is 25.1 Å². The predicted molar refractivity (Wildman–Crippen MR) is 219 cm³/mol. The second kappa shape index (κ2) is 23.5. The lowest BCUT2D eigenvalue weighted by Gasteiger charge is -2.26. The van der Waals surface area contributed by atoms with Crippen LogP contribution in [0.1, 0.15) is 56.0 Å². The van der Waals surface area contributed by atoms with Crippen molar-refractivity contribution in [3.05, 3.63) is 95.0 Å². The third kappa shape index (κ3) is 14.7. The zero-order valence-corrected chi connectivity index (χ0v) is 33.5. The van der Waals surface area contributed by atoms with Gasteiger partial charge >= 0.3 is 0 Å². The van der Waals surface area contributed by atoms with Crippen molar-refractivity contribution in [3.8, 4) is 11.1 Å². The molecule has 0 bridgehead atoms. The van der Waals surface area contributed by atoms with E-state index in [1.807, 2.05) is 42.5 Å². The number of Topliss-reactive ketones (excluding diaryl/α,β-unsaturated/α-hetero) is 1. The number of halogens is 1. The topological polar surface area (TPSA) is 264 Å². The van der Waals surface area contributed by atoms with Crippen LogP contribution in [0.5, 0.6) is 0 Å². The van der Waals surface area contributed by atoms with Crippen molar-refractivity contribution in [1.82, 2.24) is 31.9 Å². The highest BCUT2D eigenvalue weighted by Crippen LogP contribution is 2.22. The Labute approximate surface area is 342 Å². The molecule has 6 atom stereocenters. The largest absolute Gasteiger partial charge is 0.391 e. The number of carbonyl (C=O) groups is 7. The van der Waals surface area contributed by atoms with E-state index in [0.29, 0.717) is 30.8 Å². The van der Waals surface area contributed by atoms with E-state index in [1.54, 1.807) is 36.4 Å². The van der Waals surface area contributed by atoms with E-state index < -0.39 is 77.5 Å². The van der Waals surface area contributed by atoms with Crippen LogP contribution in [-0.4, -0.2) is 102 Å². The first-order valence-electron chi connectivity index (χ1n) is 19.0. The summed E-state index contributed by atoms with van der Waals surface area (Å²) in [5.41, 5.74) is 14.3. The third-order valence-electron chi connectivity index (χ3n) is 9.09. The molecular weight excluding hydrogens is 768 g/mol. The van der Waals surface area contributed by atoms with Gasteiger partial charge in [-0.15, -0.1) is 0 Å². The van der Waals surface area contributed by atoms with Crippen LogP contribution in [0, 0.1) is 0 Å². The van der Waals surface area contributed by atoms with Crippen molar-refractivity contribution in [3.63, 3.8) is 0 Å². The molecule has 0 saturated carbocycles. The number of amides is 6. The summed E-state index contributed by atoms with van der Waals surface area (Å²) in [6, 6.07) is 16.6. The molecule has 0 saturated heterocycles. The van der Waals surface area contributed by atoms with Crippen molar-refractivity contribution in [2.24, 2.45) is 11.5 Å². The molecule has 3 aromatic carbocycles. The highest BCUT2D eigenvalue weighted by atomic mass is 35.5. The summed E-state index contributed by atoms with van der Waals surface area (Å²) in [4.78, 5) is 91.2. The summed E-state index contributed by atoms with van der Waals surface area (Å²) in [6.07, 6.45) is 0.148. The van der Waals surface area contributed by atoms with E-state index in [2.05, 4.69) is 31.9 Å². The van der Waals surface area contributed by atoms with Crippen LogP contribution in [0.4, 0.5) is 0 Å². The predicted octanol–water partition coefficient (Wildman–Crippen LogP) is 0.481. The van der Waals surface area contributed by atoms with E-state index in [0.717, 1.165) is 16.7 Å². The fourth-order valence-electron chi connectivity index (χ4n) is 5.64. The molecule has 0 aliphatic heterocycles. The van der Waals surface area contributed by atoms with Gasteiger partial charge in [-0.05, 0) is 94.0 Å². The minimum Gasteiger partial charge on any atom is -0.391 e. The van der Waals surface area contributed by atoms with Gasteiger partial charge in [0.05, 0.1) is 12.1 Å². The summed E-state index contributed by atoms with van der Waals surface area (Å²) >= 11 is 5.96. The molecule has 3 rings (SSSR count). The fraction of sp³-hybridized carbons (Fsp3) is 0.390. The van der Waals surface area contributed by atoms with Gasteiger partial charge in [-0.25, -0.2) is 0 Å². The van der Waals surface area contributed by atoms with Crippen LogP contribution in [-0.2, 0) is 35.2 Å². The number of carbonyl (C=O) groups excluding carboxylic acids is 7. The number of nitrogens with two attached hydrogens (primary N) is 2. The Kier molecular flexibility index (Phi) is 18.9. The zero-order chi connectivity index (χ0) is 42.8. The number of ketones is 1. The van der Waals surface area contributed by atoms with Crippen molar-refractivity contribution in [2.45, 2.75) is 82.8 Å². The summed E-state index contributed by atoms with van der Waals surface area (Å²) in [5, 5.41) is 25.9. The molecule has 0 heterocycles. The number of nitrogens with one attached hydrogen (secondary N) is 6. The Bertz CT molecular complexity index is 1860. The molecule has 6 amide bonds. The fourth-order valence-corrected chi connectivity index (χ4v) is 5.77. The molecule has 11 N–H and O–H groups in total. The Morgan fingerprint density at radius 3 is 1.83 bits per heavy atom. The maximum atomic E-state index is 13.3. The van der Waals surface area contributed by atoms with Crippen LogP contribution in [0.2, 0.25) is 5.02 Å². The van der Waals surface area contributed by atoms with Crippen molar-refractivity contribution in [2.75, 3.05) is 19.6 Å². The second-order valence-corrected chi connectivity index (χ2v) is 14.2. The molecular formula is C41H53ClN8O8. The van der Waals surface area contributed by atoms with Gasteiger partial charge in [-0.1, -0.05) is 66.2 Å². The van der Waals surface area contributed by atoms with Crippen LogP contribution < -0.4 is 43.4 Å². The molecule has 0 unspecified atom stereocenters. The van der Waals surface area contributed by atoms with Crippen LogP contribution in [0.15, 0.2) is 78.9 Å². The molecule has 0 spiro atoms. The van der Waals surface area contributed by atoms with Gasteiger partial charge in [0.1, 0.15) is 24.2 Å². The van der Waals surface area contributed by atoms with Gasteiger partial charge in [-0.2, -0.15) is 0 Å². The first kappa shape index (κ1) is 46.7. The number of benzene rings is 3. The second-order valence-electron chi connectivity index (χ2n) is 13.7. The molecule has 17 heteroatoms. The van der Waals surface area contributed by atoms with Gasteiger partial charge in [0.25, 0.3) is 11.8 Å². The van der Waals surface area contributed by atoms with Gasteiger partial charge in [0.15, 0.2) is 0 Å². The Morgan fingerprint density at radius 1 is 0.655 bits per heavy atom. The normalized spacial score (nSPS) is 14.0. The molecule has 16 nitrogen and oxygen atoms in total. The minimum atomic E-state index is -1.57. The number of aliphatic hydroxyl groups excluding tert-OH is 1. The van der Waals surface area contributed by atoms with E-state index in [4.69, 9.17) is 23.1 Å². The standard InChI is InChI=1S/C41H53ClN8O8/c1-24(35(52)41(58)45-22-20-27-9-5-4-6-10-27)46-38(55)32(11-7-8-21-43)48-36(53)25(2)47-40(57)34(26(3)51)50-39(56)33(23-44)49-37(54)30-14-12-28(13-15-30)29-16-18-31(42)19-17-29/h4-6,9-10,12-19,24-26,32-34,51H,7-8,11,20-23,43-44H2,1-3H3,(H,45,58)(H,46,55)(H,47,57)(H,48,53)(H,49,54)(H,50,56)/t24-,25-,26+,32-,33-,34-/m0/s1. The van der Waals surface area contributed by atoms with E-state index in [1.165, 1.54) is 20.8 Å². The lowest BCUT2D eigenvalue weighted by Crippen LogP contribution is -2.61. The molecule has 0 aromatic heterocycles. The molecule has 3 aromatic rings. The maximum Gasteiger partial charge on any atom is 0.289 e. The average Bonchev–Trinajstić information content (AvgIpc) is 3.21. The average molecular weight is 821 g/mol. The summed E-state index contributed by atoms with van der Waals surface area (Å²) in [7, 11) is 0. The number of aliphatic hydroxyl groups is 1. The lowest BCUT2D eigenvalue weighted by atomic mass is 10.0. The molecule has 58 heavy (non-hydrogen) atoms. The van der Waals surface area contributed by atoms with Crippen molar-refractivity contribution < 1.29 is 38.7 Å². The molecule has 0 aliphatic rings. The zero-order valence-electron chi connectivity index (χ0n) is 32.8. The summed E-state index contributed by atoms with van der Waals surface area (Å²) < 4.78 is 0. The summed E-state index contributed by atoms with van der Waals surface area (Å²) in [6.45, 7) is 4.12. The van der Waals surface area contributed by atoms with Crippen LogP contribution in [0.25, 0.3) is 11.1 Å². The Morgan fingerprint density at radius 2 is 1.24 bits per heavy atom. The first-order chi connectivity index (χ1) is 27.6. The minimum absolute atomic E-state index is 0.130. The molecule has 312 valence electrons.